The molecule has 1 aromatic rings. The first kappa shape index (κ1) is 32.4. The highest BCUT2D eigenvalue weighted by molar-refractivity contribution is 5.90. The Hall–Kier alpha value is -1.83. The van der Waals surface area contributed by atoms with Gasteiger partial charge >= 0.3 is 5.97 Å². The number of esters is 1. The van der Waals surface area contributed by atoms with E-state index in [0.29, 0.717) is 48.7 Å². The van der Waals surface area contributed by atoms with Crippen molar-refractivity contribution in [2.24, 2.45) is 11.8 Å². The molecule has 7 heteroatoms. The molecule has 1 aliphatic heterocycles. The van der Waals surface area contributed by atoms with Crippen LogP contribution in [0.3, 0.4) is 0 Å². The van der Waals surface area contributed by atoms with Crippen molar-refractivity contribution in [2.45, 2.75) is 91.9 Å². The summed E-state index contributed by atoms with van der Waals surface area (Å²) in [4.78, 5) is 17.5. The summed E-state index contributed by atoms with van der Waals surface area (Å²) in [5.41, 5.74) is 0.489. The minimum Gasteiger partial charge on any atom is -0.493 e. The van der Waals surface area contributed by atoms with E-state index >= 15 is 0 Å². The number of unbranched alkanes of at least 4 members (excludes halogenated alkanes) is 3. The zero-order valence-electron chi connectivity index (χ0n) is 24.6. The highest BCUT2D eigenvalue weighted by atomic mass is 16.5. The molecular weight excluding hydrogens is 480 g/mol. The number of ether oxygens (including phenoxy) is 3. The van der Waals surface area contributed by atoms with Crippen LogP contribution in [-0.2, 0) is 4.74 Å². The van der Waals surface area contributed by atoms with Crippen LogP contribution in [0.15, 0.2) is 18.2 Å². The maximum atomic E-state index is 12.9. The van der Waals surface area contributed by atoms with Crippen LogP contribution in [0.1, 0.15) is 102 Å². The zero-order valence-corrected chi connectivity index (χ0v) is 24.6. The second-order valence-electron chi connectivity index (χ2n) is 10.8. The van der Waals surface area contributed by atoms with E-state index in [0.717, 1.165) is 65.0 Å². The van der Waals surface area contributed by atoms with E-state index < -0.39 is 0 Å². The average molecular weight is 535 g/mol. The van der Waals surface area contributed by atoms with Crippen molar-refractivity contribution in [1.29, 1.82) is 0 Å². The molecule has 1 aliphatic rings. The fourth-order valence-corrected chi connectivity index (χ4v) is 4.71. The van der Waals surface area contributed by atoms with Crippen molar-refractivity contribution >= 4 is 5.97 Å². The Morgan fingerprint density at radius 2 is 1.37 bits per heavy atom. The van der Waals surface area contributed by atoms with Gasteiger partial charge in [-0.15, -0.1) is 0 Å². The van der Waals surface area contributed by atoms with E-state index in [1.807, 2.05) is 6.07 Å². The minimum atomic E-state index is -0.325. The second kappa shape index (κ2) is 19.3. The molecule has 1 aromatic carbocycles. The molecule has 38 heavy (non-hydrogen) atoms. The van der Waals surface area contributed by atoms with Crippen LogP contribution in [0.2, 0.25) is 0 Å². The van der Waals surface area contributed by atoms with Crippen molar-refractivity contribution in [2.75, 3.05) is 52.9 Å². The molecule has 0 aliphatic carbocycles. The maximum Gasteiger partial charge on any atom is 0.338 e. The normalized spacial score (nSPS) is 15.6. The molecule has 0 aromatic heterocycles. The van der Waals surface area contributed by atoms with Crippen molar-refractivity contribution in [3.63, 3.8) is 0 Å². The van der Waals surface area contributed by atoms with Gasteiger partial charge in [0.25, 0.3) is 0 Å². The van der Waals surface area contributed by atoms with E-state index in [2.05, 4.69) is 37.5 Å². The molecule has 2 unspecified atom stereocenters. The van der Waals surface area contributed by atoms with Crippen LogP contribution in [0.25, 0.3) is 0 Å². The summed E-state index contributed by atoms with van der Waals surface area (Å²) in [7, 11) is 0. The summed E-state index contributed by atoms with van der Waals surface area (Å²) in [6.45, 7) is 14.3. The van der Waals surface area contributed by atoms with Crippen LogP contribution in [0, 0.1) is 11.8 Å². The second-order valence-corrected chi connectivity index (χ2v) is 10.8. The largest absolute Gasteiger partial charge is 0.493 e. The Morgan fingerprint density at radius 3 is 1.87 bits per heavy atom. The quantitative estimate of drug-likeness (QED) is 0.137. The number of β-amino-alcohol motifs (C(OH)–C–C–N with tert-alkyl or cyclic N) is 1. The first-order chi connectivity index (χ1) is 18.5. The van der Waals surface area contributed by atoms with Gasteiger partial charge in [-0.05, 0) is 49.7 Å². The van der Waals surface area contributed by atoms with Crippen LogP contribution in [0.4, 0.5) is 0 Å². The lowest BCUT2D eigenvalue weighted by molar-refractivity contribution is -0.0389. The average Bonchev–Trinajstić information content (AvgIpc) is 2.91. The molecule has 1 saturated heterocycles. The van der Waals surface area contributed by atoms with Gasteiger partial charge in [0.05, 0.1) is 45.3 Å². The third kappa shape index (κ3) is 12.4. The topological polar surface area (TPSA) is 71.5 Å². The van der Waals surface area contributed by atoms with E-state index in [1.54, 1.807) is 12.1 Å². The summed E-state index contributed by atoms with van der Waals surface area (Å²) in [6.07, 6.45) is 11.1. The van der Waals surface area contributed by atoms with Crippen molar-refractivity contribution in [3.05, 3.63) is 23.8 Å². The molecule has 2 rings (SSSR count). The predicted molar refractivity (Wildman–Crippen MR) is 154 cm³/mol. The van der Waals surface area contributed by atoms with Gasteiger partial charge in [0.1, 0.15) is 11.5 Å². The molecule has 0 bridgehead atoms. The van der Waals surface area contributed by atoms with Crippen LogP contribution in [0.5, 0.6) is 11.5 Å². The Kier molecular flexibility index (Phi) is 16.4. The number of hydrogen-bond donors (Lipinski definition) is 1. The van der Waals surface area contributed by atoms with Crippen molar-refractivity contribution < 1.29 is 24.1 Å². The first-order valence-corrected chi connectivity index (χ1v) is 15.2. The van der Waals surface area contributed by atoms with Crippen molar-refractivity contribution in [1.82, 2.24) is 9.80 Å². The van der Waals surface area contributed by atoms with Gasteiger partial charge in [-0.3, -0.25) is 9.80 Å². The van der Waals surface area contributed by atoms with Gasteiger partial charge in [0.15, 0.2) is 0 Å². The molecule has 1 heterocycles. The van der Waals surface area contributed by atoms with Gasteiger partial charge in [-0.25, -0.2) is 4.79 Å². The molecule has 1 N–H and O–H groups in total. The molecule has 0 spiro atoms. The number of nitrogens with zero attached hydrogens (tertiary/aromatic N) is 2. The minimum absolute atomic E-state index is 0.207. The molecule has 7 nitrogen and oxygen atoms in total. The fraction of sp³-hybridized carbons (Fsp3) is 0.774. The number of carbonyl (C=O) groups excluding carboxylic acids is 1. The molecule has 218 valence electrons. The monoisotopic (exact) mass is 534 g/mol. The molecule has 0 saturated carbocycles. The van der Waals surface area contributed by atoms with Gasteiger partial charge in [-0.1, -0.05) is 66.2 Å². The molecule has 1 fully saturated rings. The Bertz CT molecular complexity index is 730. The third-order valence-corrected chi connectivity index (χ3v) is 7.49. The number of hydrogen-bond acceptors (Lipinski definition) is 7. The predicted octanol–water partition coefficient (Wildman–Crippen LogP) is 6.34. The van der Waals surface area contributed by atoms with E-state index in [9.17, 15) is 4.79 Å². The van der Waals surface area contributed by atoms with Crippen LogP contribution < -0.4 is 9.47 Å². The van der Waals surface area contributed by atoms with E-state index in [-0.39, 0.29) is 12.6 Å². The summed E-state index contributed by atoms with van der Waals surface area (Å²) in [6, 6.07) is 5.51. The zero-order chi connectivity index (χ0) is 27.6. The molecule has 2 atom stereocenters. The first-order valence-electron chi connectivity index (χ1n) is 15.2. The van der Waals surface area contributed by atoms with Gasteiger partial charge < -0.3 is 19.3 Å². The lowest BCUT2D eigenvalue weighted by atomic mass is 10.0. The number of rotatable bonds is 22. The number of aliphatic hydroxyl groups excluding tert-OH is 1. The molecule has 0 amide bonds. The fourth-order valence-electron chi connectivity index (χ4n) is 4.71. The molecular formula is C31H54N2O5. The summed E-state index contributed by atoms with van der Waals surface area (Å²) in [5, 5.41) is 8.98. The smallest absolute Gasteiger partial charge is 0.338 e. The van der Waals surface area contributed by atoms with E-state index in [4.69, 9.17) is 19.3 Å². The highest BCUT2D eigenvalue weighted by Gasteiger charge is 2.22. The Morgan fingerprint density at radius 1 is 0.816 bits per heavy atom. The lowest BCUT2D eigenvalue weighted by Gasteiger charge is -2.42. The molecule has 0 radical (unpaired) electrons. The van der Waals surface area contributed by atoms with Crippen LogP contribution in [-0.4, -0.2) is 73.7 Å². The lowest BCUT2D eigenvalue weighted by Crippen LogP contribution is -2.55. The number of carbonyl (C=O) groups is 1. The van der Waals surface area contributed by atoms with Crippen LogP contribution >= 0.6 is 0 Å². The standard InChI is InChI=1S/C31H54N2O5/c1-5-9-13-26(7-3)22-37-29-19-28(20-30(21-29)38-23-27(8-4)14-10-6-2)31(35)36-18-12-11-15-32-24-33(25-32)16-17-34/h19-21,26-27,34H,5-18,22-25H2,1-4H3. The summed E-state index contributed by atoms with van der Waals surface area (Å²) in [5.74, 6) is 2.05. The van der Waals surface area contributed by atoms with Gasteiger partial charge in [0.2, 0.25) is 0 Å². The number of aliphatic hydroxyl groups is 1. The Balaban J connectivity index is 1.92. The summed E-state index contributed by atoms with van der Waals surface area (Å²) < 4.78 is 18.0. The van der Waals surface area contributed by atoms with Gasteiger partial charge in [0, 0.05) is 19.2 Å². The highest BCUT2D eigenvalue weighted by Crippen LogP contribution is 2.26. The Labute approximate surface area is 231 Å². The maximum absolute atomic E-state index is 12.9. The number of benzene rings is 1. The van der Waals surface area contributed by atoms with Crippen molar-refractivity contribution in [3.8, 4) is 11.5 Å². The van der Waals surface area contributed by atoms with Gasteiger partial charge in [-0.2, -0.15) is 0 Å². The summed E-state index contributed by atoms with van der Waals surface area (Å²) >= 11 is 0. The third-order valence-electron chi connectivity index (χ3n) is 7.49. The van der Waals surface area contributed by atoms with E-state index in [1.165, 1.54) is 25.7 Å². The SMILES string of the molecule is CCCCC(CC)COc1cc(OCC(CC)CCCC)cc(C(=O)OCCCCN2CN(CCO)C2)c1.